The summed E-state index contributed by atoms with van der Waals surface area (Å²) in [6, 6.07) is 1.88. The zero-order chi connectivity index (χ0) is 10.1. The highest BCUT2D eigenvalue weighted by molar-refractivity contribution is 7.71. The van der Waals surface area contributed by atoms with Crippen LogP contribution in [0.2, 0.25) is 0 Å². The molecule has 0 radical (unpaired) electrons. The van der Waals surface area contributed by atoms with Crippen LogP contribution in [-0.4, -0.2) is 9.55 Å². The highest BCUT2D eigenvalue weighted by atomic mass is 32.1. The van der Waals surface area contributed by atoms with Crippen LogP contribution in [0.3, 0.4) is 0 Å². The van der Waals surface area contributed by atoms with Gasteiger partial charge in [0, 0.05) is 6.54 Å². The number of nitrogens with one attached hydrogen (secondary N) is 1. The largest absolute Gasteiger partial charge is 0.331 e. The predicted molar refractivity (Wildman–Crippen MR) is 61.6 cm³/mol. The van der Waals surface area contributed by atoms with Gasteiger partial charge in [0.1, 0.15) is 4.70 Å². The van der Waals surface area contributed by atoms with E-state index in [2.05, 4.69) is 4.98 Å². The van der Waals surface area contributed by atoms with Crippen LogP contribution in [0.4, 0.5) is 0 Å². The molecule has 0 unspecified atom stereocenters. The molecule has 5 heteroatoms. The molecule has 0 aliphatic carbocycles. The van der Waals surface area contributed by atoms with Gasteiger partial charge in [0.15, 0.2) is 4.77 Å². The molecule has 0 saturated heterocycles. The Hall–Kier alpha value is -0.940. The van der Waals surface area contributed by atoms with Gasteiger partial charge < -0.3 is 4.98 Å². The lowest BCUT2D eigenvalue weighted by Crippen LogP contribution is -2.20. The fraction of sp³-hybridized carbons (Fsp3) is 0.333. The zero-order valence-corrected chi connectivity index (χ0v) is 9.37. The molecular formula is C9H10N2OS2. The Morgan fingerprint density at radius 1 is 1.64 bits per heavy atom. The first-order valence-electron chi connectivity index (χ1n) is 4.44. The SMILES string of the molecule is CCCn1c(=S)[nH]c2ccsc2c1=O. The Labute approximate surface area is 90.0 Å². The van der Waals surface area contributed by atoms with Gasteiger partial charge in [0.2, 0.25) is 0 Å². The maximum absolute atomic E-state index is 11.9. The fourth-order valence-corrected chi connectivity index (χ4v) is 2.48. The second-order valence-corrected chi connectivity index (χ2v) is 4.35. The lowest BCUT2D eigenvalue weighted by atomic mass is 10.4. The molecule has 0 amide bonds. The van der Waals surface area contributed by atoms with Gasteiger partial charge in [-0.3, -0.25) is 9.36 Å². The van der Waals surface area contributed by atoms with Gasteiger partial charge in [-0.25, -0.2) is 0 Å². The summed E-state index contributed by atoms with van der Waals surface area (Å²) in [5, 5.41) is 1.90. The van der Waals surface area contributed by atoms with Gasteiger partial charge in [-0.2, -0.15) is 0 Å². The van der Waals surface area contributed by atoms with Crippen molar-refractivity contribution in [2.24, 2.45) is 0 Å². The van der Waals surface area contributed by atoms with Crippen molar-refractivity contribution in [3.05, 3.63) is 26.6 Å². The Bertz CT molecular complexity index is 564. The van der Waals surface area contributed by atoms with E-state index < -0.39 is 0 Å². The maximum Gasteiger partial charge on any atom is 0.272 e. The van der Waals surface area contributed by atoms with Gasteiger partial charge in [0.25, 0.3) is 5.56 Å². The summed E-state index contributed by atoms with van der Waals surface area (Å²) in [6.45, 7) is 2.71. The molecule has 74 valence electrons. The summed E-state index contributed by atoms with van der Waals surface area (Å²) in [5.74, 6) is 0. The number of rotatable bonds is 2. The first-order valence-corrected chi connectivity index (χ1v) is 5.73. The molecular weight excluding hydrogens is 216 g/mol. The molecule has 0 fully saturated rings. The van der Waals surface area contributed by atoms with Crippen molar-refractivity contribution in [2.45, 2.75) is 19.9 Å². The highest BCUT2D eigenvalue weighted by Gasteiger charge is 2.04. The summed E-state index contributed by atoms with van der Waals surface area (Å²) in [7, 11) is 0. The lowest BCUT2D eigenvalue weighted by Gasteiger charge is -2.03. The molecule has 1 N–H and O–H groups in total. The van der Waals surface area contributed by atoms with Gasteiger partial charge in [-0.05, 0) is 30.1 Å². The zero-order valence-electron chi connectivity index (χ0n) is 7.74. The Kier molecular flexibility index (Phi) is 2.52. The van der Waals surface area contributed by atoms with E-state index in [0.717, 1.165) is 16.6 Å². The van der Waals surface area contributed by atoms with E-state index in [1.165, 1.54) is 11.3 Å². The number of hydrogen-bond donors (Lipinski definition) is 1. The van der Waals surface area contributed by atoms with Crippen molar-refractivity contribution >= 4 is 33.8 Å². The summed E-state index contributed by atoms with van der Waals surface area (Å²) >= 11 is 6.56. The van der Waals surface area contributed by atoms with Crippen LogP contribution in [0.1, 0.15) is 13.3 Å². The molecule has 0 spiro atoms. The number of aromatic nitrogens is 2. The first kappa shape index (κ1) is 9.61. The van der Waals surface area contributed by atoms with Gasteiger partial charge in [0.05, 0.1) is 5.52 Å². The van der Waals surface area contributed by atoms with Crippen LogP contribution in [0.15, 0.2) is 16.2 Å². The molecule has 2 heterocycles. The van der Waals surface area contributed by atoms with Crippen LogP contribution in [0.5, 0.6) is 0 Å². The molecule has 0 saturated carbocycles. The van der Waals surface area contributed by atoms with E-state index >= 15 is 0 Å². The molecule has 0 aromatic carbocycles. The average Bonchev–Trinajstić information content (AvgIpc) is 2.60. The van der Waals surface area contributed by atoms with Gasteiger partial charge in [-0.15, -0.1) is 11.3 Å². The molecule has 3 nitrogen and oxygen atoms in total. The second kappa shape index (κ2) is 3.67. The third-order valence-corrected chi connectivity index (χ3v) is 3.26. The number of nitrogens with zero attached hydrogens (tertiary/aromatic N) is 1. The maximum atomic E-state index is 11.9. The summed E-state index contributed by atoms with van der Waals surface area (Å²) < 4.78 is 2.89. The standard InChI is InChI=1S/C9H10N2OS2/c1-2-4-11-8(12)7-6(3-5-14-7)10-9(11)13/h3,5H,2,4H2,1H3,(H,10,13). The summed E-state index contributed by atoms with van der Waals surface area (Å²) in [4.78, 5) is 14.9. The van der Waals surface area contributed by atoms with Crippen molar-refractivity contribution in [3.8, 4) is 0 Å². The third-order valence-electron chi connectivity index (χ3n) is 2.04. The van der Waals surface area contributed by atoms with E-state index in [1.54, 1.807) is 4.57 Å². The minimum Gasteiger partial charge on any atom is -0.331 e. The van der Waals surface area contributed by atoms with Crippen molar-refractivity contribution in [1.82, 2.24) is 9.55 Å². The topological polar surface area (TPSA) is 37.8 Å². The monoisotopic (exact) mass is 226 g/mol. The minimum atomic E-state index is 0.0283. The molecule has 0 bridgehead atoms. The summed E-state index contributed by atoms with van der Waals surface area (Å²) in [6.07, 6.45) is 0.911. The Balaban J connectivity index is 2.83. The quantitative estimate of drug-likeness (QED) is 0.799. The molecule has 2 aromatic heterocycles. The van der Waals surface area contributed by atoms with E-state index in [1.807, 2.05) is 18.4 Å². The normalized spacial score (nSPS) is 10.9. The number of H-pyrrole nitrogens is 1. The molecule has 14 heavy (non-hydrogen) atoms. The Morgan fingerprint density at radius 2 is 2.43 bits per heavy atom. The van der Waals surface area contributed by atoms with Crippen LogP contribution >= 0.6 is 23.6 Å². The van der Waals surface area contributed by atoms with Crippen LogP contribution in [0, 0.1) is 4.77 Å². The van der Waals surface area contributed by atoms with Crippen LogP contribution in [0.25, 0.3) is 10.2 Å². The lowest BCUT2D eigenvalue weighted by molar-refractivity contribution is 0.639. The number of hydrogen-bond acceptors (Lipinski definition) is 3. The minimum absolute atomic E-state index is 0.0283. The van der Waals surface area contributed by atoms with Crippen LogP contribution in [-0.2, 0) is 6.54 Å². The predicted octanol–water partition coefficient (Wildman–Crippen LogP) is 2.53. The van der Waals surface area contributed by atoms with Gasteiger partial charge >= 0.3 is 0 Å². The second-order valence-electron chi connectivity index (χ2n) is 3.05. The number of aromatic amines is 1. The van der Waals surface area contributed by atoms with E-state index in [-0.39, 0.29) is 5.56 Å². The molecule has 2 aromatic rings. The molecule has 0 atom stereocenters. The Morgan fingerprint density at radius 3 is 3.14 bits per heavy atom. The van der Waals surface area contributed by atoms with E-state index in [4.69, 9.17) is 12.2 Å². The molecule has 0 aliphatic heterocycles. The first-order chi connectivity index (χ1) is 6.74. The highest BCUT2D eigenvalue weighted by Crippen LogP contribution is 2.13. The van der Waals surface area contributed by atoms with Crippen LogP contribution < -0.4 is 5.56 Å². The molecule has 0 aliphatic rings. The third kappa shape index (κ3) is 1.42. The van der Waals surface area contributed by atoms with E-state index in [9.17, 15) is 4.79 Å². The fourth-order valence-electron chi connectivity index (χ4n) is 1.40. The van der Waals surface area contributed by atoms with Crippen molar-refractivity contribution in [2.75, 3.05) is 0 Å². The average molecular weight is 226 g/mol. The van der Waals surface area contributed by atoms with Crippen molar-refractivity contribution < 1.29 is 0 Å². The number of thiophene rings is 1. The summed E-state index contributed by atoms with van der Waals surface area (Å²) in [5.41, 5.74) is 0.873. The van der Waals surface area contributed by atoms with Crippen molar-refractivity contribution in [1.29, 1.82) is 0 Å². The smallest absolute Gasteiger partial charge is 0.272 e. The molecule has 2 rings (SSSR count). The van der Waals surface area contributed by atoms with E-state index in [0.29, 0.717) is 11.3 Å². The number of fused-ring (bicyclic) bond motifs is 1. The van der Waals surface area contributed by atoms with Crippen molar-refractivity contribution in [3.63, 3.8) is 0 Å². The van der Waals surface area contributed by atoms with Gasteiger partial charge in [-0.1, -0.05) is 6.92 Å².